The van der Waals surface area contributed by atoms with Gasteiger partial charge in [-0.1, -0.05) is 0 Å². The van der Waals surface area contributed by atoms with Crippen LogP contribution in [0.1, 0.15) is 51.0 Å². The van der Waals surface area contributed by atoms with E-state index in [0.717, 1.165) is 55.6 Å². The van der Waals surface area contributed by atoms with E-state index in [0.29, 0.717) is 12.0 Å². The first-order valence-electron chi connectivity index (χ1n) is 9.88. The average Bonchev–Trinajstić information content (AvgIpc) is 3.32. The van der Waals surface area contributed by atoms with Crippen molar-refractivity contribution in [2.45, 2.75) is 64.0 Å². The van der Waals surface area contributed by atoms with E-state index in [1.54, 1.807) is 6.20 Å². The summed E-state index contributed by atoms with van der Waals surface area (Å²) in [4.78, 5) is 15.0. The van der Waals surface area contributed by atoms with Gasteiger partial charge in [0.15, 0.2) is 5.75 Å². The van der Waals surface area contributed by atoms with Crippen molar-refractivity contribution < 1.29 is 9.53 Å². The highest BCUT2D eigenvalue weighted by molar-refractivity contribution is 5.98. The van der Waals surface area contributed by atoms with Crippen molar-refractivity contribution in [3.8, 4) is 11.4 Å². The van der Waals surface area contributed by atoms with E-state index in [2.05, 4.69) is 24.2 Å². The Morgan fingerprint density at radius 2 is 1.96 bits per heavy atom. The number of nitrogens with zero attached hydrogens (tertiary/aromatic N) is 3. The van der Waals surface area contributed by atoms with Gasteiger partial charge >= 0.3 is 0 Å². The van der Waals surface area contributed by atoms with Crippen LogP contribution in [0.5, 0.6) is 5.75 Å². The molecule has 1 aliphatic heterocycles. The first kappa shape index (κ1) is 15.9. The van der Waals surface area contributed by atoms with Gasteiger partial charge < -0.3 is 9.64 Å². The van der Waals surface area contributed by atoms with Gasteiger partial charge in [-0.3, -0.25) is 4.79 Å². The summed E-state index contributed by atoms with van der Waals surface area (Å²) in [5, 5.41) is 4.41. The third-order valence-corrected chi connectivity index (χ3v) is 5.98. The summed E-state index contributed by atoms with van der Waals surface area (Å²) in [7, 11) is 0. The molecule has 26 heavy (non-hydrogen) atoms. The monoisotopic (exact) mass is 351 g/mol. The lowest BCUT2D eigenvalue weighted by Crippen LogP contribution is -2.43. The second-order valence-corrected chi connectivity index (χ2v) is 7.90. The van der Waals surface area contributed by atoms with Gasteiger partial charge in [-0.05, 0) is 70.1 Å². The van der Waals surface area contributed by atoms with Crippen LogP contribution in [0.15, 0.2) is 30.6 Å². The van der Waals surface area contributed by atoms with E-state index < -0.39 is 0 Å². The van der Waals surface area contributed by atoms with Crippen LogP contribution in [0.25, 0.3) is 5.69 Å². The molecule has 136 valence electrons. The van der Waals surface area contributed by atoms with Crippen LogP contribution in [0, 0.1) is 5.92 Å². The molecule has 0 bridgehead atoms. The fourth-order valence-electron chi connectivity index (χ4n) is 4.03. The Morgan fingerprint density at radius 1 is 1.15 bits per heavy atom. The van der Waals surface area contributed by atoms with Gasteiger partial charge in [-0.25, -0.2) is 4.68 Å². The number of rotatable bonds is 4. The van der Waals surface area contributed by atoms with Crippen molar-refractivity contribution in [2.75, 3.05) is 4.90 Å². The van der Waals surface area contributed by atoms with Gasteiger partial charge in [0.2, 0.25) is 5.91 Å². The predicted octanol–water partition coefficient (Wildman–Crippen LogP) is 3.88. The average molecular weight is 351 g/mol. The summed E-state index contributed by atoms with van der Waals surface area (Å²) in [6.45, 7) is 2.16. The standard InChI is InChI=1S/C21H25N3O2/c1-14-6-9-17-18(24(14)21(25)15-7-8-15)10-11-19(23-13-3-12-22-23)20(17)26-16-4-2-5-16/h3,10-16H,2,4-9H2,1H3/t14-/m0/s1. The van der Waals surface area contributed by atoms with E-state index in [1.165, 1.54) is 12.0 Å². The minimum Gasteiger partial charge on any atom is -0.488 e. The summed E-state index contributed by atoms with van der Waals surface area (Å²) in [6, 6.07) is 6.33. The van der Waals surface area contributed by atoms with E-state index in [-0.39, 0.29) is 12.0 Å². The Balaban J connectivity index is 1.61. The zero-order valence-electron chi connectivity index (χ0n) is 15.2. The lowest BCUT2D eigenvalue weighted by molar-refractivity contribution is -0.120. The fourth-order valence-corrected chi connectivity index (χ4v) is 4.03. The molecule has 5 rings (SSSR count). The Bertz CT molecular complexity index is 822. The number of carbonyl (C=O) groups excluding carboxylic acids is 1. The molecule has 0 unspecified atom stereocenters. The summed E-state index contributed by atoms with van der Waals surface area (Å²) >= 11 is 0. The minimum absolute atomic E-state index is 0.227. The van der Waals surface area contributed by atoms with Crippen LogP contribution in [0.3, 0.4) is 0 Å². The second kappa shape index (κ2) is 6.15. The second-order valence-electron chi connectivity index (χ2n) is 7.90. The maximum Gasteiger partial charge on any atom is 0.230 e. The number of anilines is 1. The Morgan fingerprint density at radius 3 is 2.62 bits per heavy atom. The van der Waals surface area contributed by atoms with E-state index in [1.807, 2.05) is 21.8 Å². The zero-order chi connectivity index (χ0) is 17.7. The van der Waals surface area contributed by atoms with Gasteiger partial charge in [-0.15, -0.1) is 0 Å². The molecule has 2 saturated carbocycles. The SMILES string of the molecule is C[C@H]1CCc2c(ccc(-n3cccn3)c2OC2CCC2)N1C(=O)C1CC1. The molecule has 3 aliphatic rings. The molecule has 0 spiro atoms. The normalized spacial score (nSPS) is 22.7. The Labute approximate surface area is 153 Å². The summed E-state index contributed by atoms with van der Waals surface area (Å²) in [6.07, 6.45) is 11.5. The lowest BCUT2D eigenvalue weighted by atomic mass is 9.93. The topological polar surface area (TPSA) is 47.4 Å². The number of fused-ring (bicyclic) bond motifs is 1. The largest absolute Gasteiger partial charge is 0.488 e. The van der Waals surface area contributed by atoms with Gasteiger partial charge in [-0.2, -0.15) is 5.10 Å². The number of hydrogen-bond donors (Lipinski definition) is 0. The molecule has 1 aromatic heterocycles. The van der Waals surface area contributed by atoms with E-state index in [9.17, 15) is 4.79 Å². The predicted molar refractivity (Wildman–Crippen MR) is 99.8 cm³/mol. The van der Waals surface area contributed by atoms with Crippen molar-refractivity contribution in [2.24, 2.45) is 5.92 Å². The molecule has 0 N–H and O–H groups in total. The summed E-state index contributed by atoms with van der Waals surface area (Å²) in [5.41, 5.74) is 3.21. The molecule has 2 fully saturated rings. The Kier molecular flexibility index (Phi) is 3.76. The van der Waals surface area contributed by atoms with Crippen LogP contribution >= 0.6 is 0 Å². The van der Waals surface area contributed by atoms with Gasteiger partial charge in [0.05, 0.1) is 11.8 Å². The van der Waals surface area contributed by atoms with Gasteiger partial charge in [0.1, 0.15) is 5.69 Å². The molecule has 2 heterocycles. The highest BCUT2D eigenvalue weighted by atomic mass is 16.5. The highest BCUT2D eigenvalue weighted by Crippen LogP contribution is 2.44. The zero-order valence-corrected chi connectivity index (χ0v) is 15.2. The van der Waals surface area contributed by atoms with Gasteiger partial charge in [0, 0.05) is 29.9 Å². The third kappa shape index (κ3) is 2.61. The molecule has 0 radical (unpaired) electrons. The fraction of sp³-hybridized carbons (Fsp3) is 0.524. The molecule has 0 saturated heterocycles. The number of aromatic nitrogens is 2. The number of amides is 1. The first-order valence-corrected chi connectivity index (χ1v) is 9.88. The lowest BCUT2D eigenvalue weighted by Gasteiger charge is -2.38. The molecule has 1 amide bonds. The number of benzene rings is 1. The van der Waals surface area contributed by atoms with E-state index in [4.69, 9.17) is 4.74 Å². The maximum atomic E-state index is 12.9. The molecular weight excluding hydrogens is 326 g/mol. The van der Waals surface area contributed by atoms with Crippen molar-refractivity contribution in [1.82, 2.24) is 9.78 Å². The van der Waals surface area contributed by atoms with Crippen LogP contribution in [-0.2, 0) is 11.2 Å². The van der Waals surface area contributed by atoms with Crippen LogP contribution < -0.4 is 9.64 Å². The quantitative estimate of drug-likeness (QED) is 0.840. The number of ether oxygens (including phenoxy) is 1. The maximum absolute atomic E-state index is 12.9. The minimum atomic E-state index is 0.227. The molecular formula is C21H25N3O2. The molecule has 5 heteroatoms. The molecule has 1 atom stereocenters. The van der Waals surface area contributed by atoms with E-state index >= 15 is 0 Å². The first-order chi connectivity index (χ1) is 12.7. The highest BCUT2D eigenvalue weighted by Gasteiger charge is 2.39. The molecule has 2 aliphatic carbocycles. The Hall–Kier alpha value is -2.30. The third-order valence-electron chi connectivity index (χ3n) is 5.98. The van der Waals surface area contributed by atoms with Gasteiger partial charge in [0.25, 0.3) is 0 Å². The molecule has 5 nitrogen and oxygen atoms in total. The van der Waals surface area contributed by atoms with Crippen molar-refractivity contribution in [3.05, 3.63) is 36.2 Å². The van der Waals surface area contributed by atoms with Crippen molar-refractivity contribution in [3.63, 3.8) is 0 Å². The van der Waals surface area contributed by atoms with Crippen molar-refractivity contribution in [1.29, 1.82) is 0 Å². The van der Waals surface area contributed by atoms with Crippen molar-refractivity contribution >= 4 is 11.6 Å². The number of hydrogen-bond acceptors (Lipinski definition) is 3. The number of carbonyl (C=O) groups is 1. The van der Waals surface area contributed by atoms with Crippen LogP contribution in [0.2, 0.25) is 0 Å². The summed E-state index contributed by atoms with van der Waals surface area (Å²) < 4.78 is 8.32. The summed E-state index contributed by atoms with van der Waals surface area (Å²) in [5.74, 6) is 1.45. The smallest absolute Gasteiger partial charge is 0.230 e. The van der Waals surface area contributed by atoms with Crippen LogP contribution in [-0.4, -0.2) is 27.8 Å². The molecule has 2 aromatic rings. The van der Waals surface area contributed by atoms with Crippen LogP contribution in [0.4, 0.5) is 5.69 Å². The molecule has 1 aromatic carbocycles.